The van der Waals surface area contributed by atoms with Crippen LogP contribution in [0.1, 0.15) is 45.4 Å². The van der Waals surface area contributed by atoms with Crippen molar-refractivity contribution in [2.24, 2.45) is 16.7 Å². The monoisotopic (exact) mass is 426 g/mol. The molecule has 4 heterocycles. The minimum atomic E-state index is -0.0180. The number of rotatable bonds is 4. The molecule has 0 radical (unpaired) electrons. The van der Waals surface area contributed by atoms with Crippen molar-refractivity contribution in [1.82, 2.24) is 20.4 Å². The second kappa shape index (κ2) is 8.01. The summed E-state index contributed by atoms with van der Waals surface area (Å²) >= 11 is 0. The summed E-state index contributed by atoms with van der Waals surface area (Å²) in [6, 6.07) is -0.0180. The molecule has 3 fully saturated rings. The van der Waals surface area contributed by atoms with Crippen molar-refractivity contribution >= 4 is 11.9 Å². The fourth-order valence-corrected chi connectivity index (χ4v) is 5.63. The number of hydrogen-bond donors (Lipinski definition) is 2. The largest absolute Gasteiger partial charge is 0.381 e. The Bertz CT molecular complexity index is 832. The van der Waals surface area contributed by atoms with Crippen LogP contribution < -0.4 is 10.6 Å². The van der Waals surface area contributed by atoms with Crippen LogP contribution in [0.5, 0.6) is 0 Å². The van der Waals surface area contributed by atoms with Crippen LogP contribution in [0.15, 0.2) is 35.8 Å². The van der Waals surface area contributed by atoms with Crippen LogP contribution in [0, 0.1) is 16.7 Å². The Kier molecular flexibility index (Phi) is 5.32. The van der Waals surface area contributed by atoms with Crippen molar-refractivity contribution in [1.29, 1.82) is 0 Å². The number of urea groups is 1. The number of nitrogens with one attached hydrogen (secondary N) is 2. The fourth-order valence-electron chi connectivity index (χ4n) is 5.63. The molecule has 0 aromatic rings. The number of amides is 3. The Balaban J connectivity index is 1.06. The minimum Gasteiger partial charge on any atom is -0.381 e. The van der Waals surface area contributed by atoms with Gasteiger partial charge in [-0.1, -0.05) is 6.92 Å². The molecule has 31 heavy (non-hydrogen) atoms. The third-order valence-electron chi connectivity index (χ3n) is 8.13. The molecule has 4 aliphatic heterocycles. The first-order valence-corrected chi connectivity index (χ1v) is 11.7. The number of hydrogen-bond acceptors (Lipinski definition) is 4. The van der Waals surface area contributed by atoms with Crippen molar-refractivity contribution in [2.75, 3.05) is 39.4 Å². The van der Waals surface area contributed by atoms with Crippen LogP contribution in [0.3, 0.4) is 0 Å². The van der Waals surface area contributed by atoms with Crippen LogP contribution >= 0.6 is 0 Å². The molecule has 7 nitrogen and oxygen atoms in total. The normalized spacial score (nSPS) is 27.8. The van der Waals surface area contributed by atoms with Gasteiger partial charge in [-0.2, -0.15) is 0 Å². The second-order valence-electron chi connectivity index (χ2n) is 10.3. The molecule has 5 rings (SSSR count). The van der Waals surface area contributed by atoms with Gasteiger partial charge in [0.2, 0.25) is 5.91 Å². The summed E-state index contributed by atoms with van der Waals surface area (Å²) in [4.78, 5) is 29.3. The number of carbonyl (C=O) groups excluding carboxylic acids is 2. The molecule has 2 N–H and O–H groups in total. The number of likely N-dealkylation sites (tertiary alicyclic amines) is 1. The molecule has 1 spiro atoms. The second-order valence-corrected chi connectivity index (χ2v) is 10.3. The summed E-state index contributed by atoms with van der Waals surface area (Å²) in [7, 11) is 0. The fraction of sp³-hybridized carbons (Fsp3) is 0.667. The number of dihydropyridines is 1. The molecule has 0 bridgehead atoms. The predicted octanol–water partition coefficient (Wildman–Crippen LogP) is 2.73. The molecule has 7 heteroatoms. The van der Waals surface area contributed by atoms with Gasteiger partial charge in [-0.3, -0.25) is 9.69 Å². The average molecular weight is 427 g/mol. The highest BCUT2D eigenvalue weighted by molar-refractivity contribution is 5.78. The highest BCUT2D eigenvalue weighted by Crippen LogP contribution is 2.59. The van der Waals surface area contributed by atoms with Crippen LogP contribution in [-0.4, -0.2) is 61.1 Å². The van der Waals surface area contributed by atoms with Gasteiger partial charge in [0.15, 0.2) is 0 Å². The highest BCUT2D eigenvalue weighted by atomic mass is 16.5. The highest BCUT2D eigenvalue weighted by Gasteiger charge is 2.55. The quantitative estimate of drug-likeness (QED) is 0.725. The van der Waals surface area contributed by atoms with Crippen LogP contribution in [0.25, 0.3) is 0 Å². The average Bonchev–Trinajstić information content (AvgIpc) is 3.24. The molecule has 2 saturated heterocycles. The van der Waals surface area contributed by atoms with Gasteiger partial charge < -0.3 is 20.3 Å². The van der Waals surface area contributed by atoms with Gasteiger partial charge in [0.25, 0.3) is 0 Å². The van der Waals surface area contributed by atoms with E-state index in [9.17, 15) is 9.59 Å². The lowest BCUT2D eigenvalue weighted by Gasteiger charge is -2.38. The van der Waals surface area contributed by atoms with Gasteiger partial charge >= 0.3 is 6.03 Å². The van der Waals surface area contributed by atoms with E-state index < -0.39 is 0 Å². The molecular formula is C24H34N4O3. The van der Waals surface area contributed by atoms with Gasteiger partial charge in [0.05, 0.1) is 6.54 Å². The SMILES string of the molecule is CC1(CC(=O)N2CCC3(CC2)CC3CNC(=O)N2C=C3C=CNC=C3C2)CCOCC1. The maximum Gasteiger partial charge on any atom is 0.321 e. The number of ether oxygens (including phenoxy) is 1. The first kappa shape index (κ1) is 20.6. The van der Waals surface area contributed by atoms with Crippen LogP contribution in [0.4, 0.5) is 4.79 Å². The molecule has 0 aromatic carbocycles. The summed E-state index contributed by atoms with van der Waals surface area (Å²) in [5.41, 5.74) is 2.68. The summed E-state index contributed by atoms with van der Waals surface area (Å²) in [6.07, 6.45) is 13.7. The zero-order valence-corrected chi connectivity index (χ0v) is 18.5. The van der Waals surface area contributed by atoms with Gasteiger partial charge in [-0.15, -0.1) is 0 Å². The third kappa shape index (κ3) is 4.25. The lowest BCUT2D eigenvalue weighted by molar-refractivity contribution is -0.136. The molecular weight excluding hydrogens is 392 g/mol. The van der Waals surface area contributed by atoms with Crippen LogP contribution in [-0.2, 0) is 9.53 Å². The minimum absolute atomic E-state index is 0.0180. The van der Waals surface area contributed by atoms with Gasteiger partial charge in [0.1, 0.15) is 0 Å². The van der Waals surface area contributed by atoms with E-state index in [0.717, 1.165) is 69.7 Å². The zero-order chi connectivity index (χ0) is 21.5. The van der Waals surface area contributed by atoms with Crippen molar-refractivity contribution in [3.8, 4) is 0 Å². The number of carbonyl (C=O) groups is 2. The van der Waals surface area contributed by atoms with E-state index in [1.165, 1.54) is 6.42 Å². The van der Waals surface area contributed by atoms with Crippen molar-refractivity contribution in [3.05, 3.63) is 35.8 Å². The molecule has 168 valence electrons. The number of nitrogens with zero attached hydrogens (tertiary/aromatic N) is 2. The summed E-state index contributed by atoms with van der Waals surface area (Å²) in [5, 5.41) is 6.21. The first-order chi connectivity index (χ1) is 15.0. The number of fused-ring (bicyclic) bond motifs is 1. The van der Waals surface area contributed by atoms with E-state index in [1.807, 2.05) is 24.7 Å². The lowest BCUT2D eigenvalue weighted by atomic mass is 9.78. The summed E-state index contributed by atoms with van der Waals surface area (Å²) in [6.45, 7) is 6.87. The molecule has 1 unspecified atom stereocenters. The Morgan fingerprint density at radius 1 is 1.23 bits per heavy atom. The van der Waals surface area contributed by atoms with E-state index >= 15 is 0 Å². The Morgan fingerprint density at radius 3 is 2.74 bits per heavy atom. The number of piperidine rings is 1. The van der Waals surface area contributed by atoms with E-state index in [2.05, 4.69) is 22.5 Å². The van der Waals surface area contributed by atoms with Gasteiger partial charge in [-0.05, 0) is 66.1 Å². The molecule has 1 saturated carbocycles. The zero-order valence-electron chi connectivity index (χ0n) is 18.5. The predicted molar refractivity (Wildman–Crippen MR) is 118 cm³/mol. The number of allylic oxidation sites excluding steroid dienone is 1. The van der Waals surface area contributed by atoms with E-state index in [1.54, 1.807) is 4.90 Å². The molecule has 1 aliphatic carbocycles. The van der Waals surface area contributed by atoms with Crippen molar-refractivity contribution in [3.63, 3.8) is 0 Å². The Hall–Kier alpha value is -2.28. The smallest absolute Gasteiger partial charge is 0.321 e. The van der Waals surface area contributed by atoms with Gasteiger partial charge in [-0.25, -0.2) is 4.79 Å². The third-order valence-corrected chi connectivity index (χ3v) is 8.13. The van der Waals surface area contributed by atoms with E-state index in [4.69, 9.17) is 4.74 Å². The summed E-state index contributed by atoms with van der Waals surface area (Å²) in [5.74, 6) is 0.853. The Labute approximate surface area is 184 Å². The molecule has 5 aliphatic rings. The van der Waals surface area contributed by atoms with E-state index in [-0.39, 0.29) is 11.4 Å². The maximum absolute atomic E-state index is 12.9. The molecule has 1 atom stereocenters. The van der Waals surface area contributed by atoms with Crippen molar-refractivity contribution in [2.45, 2.75) is 45.4 Å². The topological polar surface area (TPSA) is 73.9 Å². The van der Waals surface area contributed by atoms with Crippen LogP contribution in [0.2, 0.25) is 0 Å². The summed E-state index contributed by atoms with van der Waals surface area (Å²) < 4.78 is 5.47. The Morgan fingerprint density at radius 2 is 2.00 bits per heavy atom. The molecule has 0 aromatic heterocycles. The first-order valence-electron chi connectivity index (χ1n) is 11.7. The van der Waals surface area contributed by atoms with Gasteiger partial charge in [0, 0.05) is 57.9 Å². The lowest BCUT2D eigenvalue weighted by Crippen LogP contribution is -2.43. The molecule has 3 amide bonds. The standard InChI is InChI=1S/C24H34N4O3/c1-23(5-10-31-11-6-23)13-21(29)27-8-3-24(4-9-27)12-20(24)15-26-22(30)28-16-18-2-7-25-14-19(18)17-28/h2,7,14,16,20,25H,3-6,8-13,15,17H2,1H3,(H,26,30). The maximum atomic E-state index is 12.9. The van der Waals surface area contributed by atoms with Crippen molar-refractivity contribution < 1.29 is 14.3 Å². The van der Waals surface area contributed by atoms with E-state index in [0.29, 0.717) is 30.2 Å².